The molecule has 0 radical (unpaired) electrons. The van der Waals surface area contributed by atoms with Gasteiger partial charge in [0.15, 0.2) is 0 Å². The summed E-state index contributed by atoms with van der Waals surface area (Å²) in [6.45, 7) is 13.4. The lowest BCUT2D eigenvalue weighted by molar-refractivity contribution is -0.155. The Morgan fingerprint density at radius 3 is 2.57 bits per heavy atom. The Bertz CT molecular complexity index is 2260. The van der Waals surface area contributed by atoms with Crippen molar-refractivity contribution in [3.63, 3.8) is 0 Å². The van der Waals surface area contributed by atoms with Gasteiger partial charge in [-0.15, -0.1) is 11.3 Å². The number of methoxy groups -OCH3 is 1. The zero-order valence-electron chi connectivity index (χ0n) is 37.1. The standard InChI is InChI=1S/C46H62N8O6S/c1-10-53-37-19-18-29-22-32(37)33(41(53)31-16-12-20-47-39(31)28(4)59-9)24-46(5,6)26-60-44(57)34-17-13-21-54(50-34)43(56)35(23-38-48-36(29)25-61-38)49-42(55)40(27(2)3)52(8)45(58)51(7)30-14-11-15-30/h12,16,18-20,22,25,27-28,30,34-35,40,50H,10-11,13-15,17,21,23-24,26H2,1-9H3,(H,49,55)/t28-,34-,35-,40?/m0/s1. The number of carbonyl (C=O) groups is 4. The highest BCUT2D eigenvalue weighted by atomic mass is 32.1. The molecular formula is C46H62N8O6S. The molecule has 2 N–H and O–H groups in total. The van der Waals surface area contributed by atoms with Crippen LogP contribution in [0.2, 0.25) is 0 Å². The molecule has 4 atom stereocenters. The van der Waals surface area contributed by atoms with Gasteiger partial charge in [0.1, 0.15) is 18.1 Å². The molecule has 2 fully saturated rings. The minimum atomic E-state index is -1.03. The summed E-state index contributed by atoms with van der Waals surface area (Å²) in [5.74, 6) is -1.48. The number of rotatable bonds is 9. The minimum absolute atomic E-state index is 0.118. The Morgan fingerprint density at radius 1 is 1.11 bits per heavy atom. The minimum Gasteiger partial charge on any atom is -0.464 e. The molecule has 3 aliphatic rings. The van der Waals surface area contributed by atoms with Crippen molar-refractivity contribution in [1.29, 1.82) is 0 Å². The number of thiazole rings is 1. The molecule has 15 heteroatoms. The van der Waals surface area contributed by atoms with E-state index in [4.69, 9.17) is 19.4 Å². The second-order valence-electron chi connectivity index (χ2n) is 18.0. The predicted octanol–water partition coefficient (Wildman–Crippen LogP) is 6.76. The second-order valence-corrected chi connectivity index (χ2v) is 19.0. The van der Waals surface area contributed by atoms with E-state index in [-0.39, 0.29) is 43.0 Å². The summed E-state index contributed by atoms with van der Waals surface area (Å²) >= 11 is 1.43. The molecule has 1 aromatic carbocycles. The molecule has 7 rings (SSSR count). The molecule has 4 amide bonds. The topological polar surface area (TPSA) is 151 Å². The van der Waals surface area contributed by atoms with E-state index in [9.17, 15) is 19.2 Å². The molecule has 6 bridgehead atoms. The molecular weight excluding hydrogens is 793 g/mol. The molecule has 1 aliphatic carbocycles. The van der Waals surface area contributed by atoms with Crippen LogP contribution in [-0.4, -0.2) is 112 Å². The third-order valence-corrected chi connectivity index (χ3v) is 13.6. The first-order valence-corrected chi connectivity index (χ1v) is 22.6. The van der Waals surface area contributed by atoms with E-state index in [1.165, 1.54) is 21.2 Å². The number of benzene rings is 1. The van der Waals surface area contributed by atoms with Crippen molar-refractivity contribution >= 4 is 46.1 Å². The van der Waals surface area contributed by atoms with Crippen molar-refractivity contribution < 1.29 is 28.7 Å². The van der Waals surface area contributed by atoms with Crippen LogP contribution in [0.15, 0.2) is 41.9 Å². The number of hydrazine groups is 1. The Kier molecular flexibility index (Phi) is 13.2. The molecule has 4 aromatic rings. The lowest BCUT2D eigenvalue weighted by Crippen LogP contribution is -2.62. The molecule has 5 heterocycles. The number of amides is 4. The monoisotopic (exact) mass is 854 g/mol. The number of fused-ring (bicyclic) bond motifs is 6. The van der Waals surface area contributed by atoms with Crippen molar-refractivity contribution in [3.05, 3.63) is 58.2 Å². The zero-order chi connectivity index (χ0) is 43.7. The summed E-state index contributed by atoms with van der Waals surface area (Å²) in [5, 5.41) is 8.22. The maximum atomic E-state index is 14.5. The number of urea groups is 1. The number of likely N-dealkylation sites (N-methyl/N-ethyl adjacent to an activating group) is 1. The Morgan fingerprint density at radius 2 is 1.89 bits per heavy atom. The van der Waals surface area contributed by atoms with Crippen molar-refractivity contribution in [2.75, 3.05) is 34.4 Å². The first-order chi connectivity index (χ1) is 29.1. The SMILES string of the molecule is CCn1c(-c2cccnc2[C@H](C)OC)c2c3cc(ccc31)-c1csc(n1)C[C@H](NC(=O)C(C(C)C)N(C)C(=O)N(C)C1CCC1)C(=O)N1CCC[C@H](N1)C(=O)OCC(C)(C)C2. The molecule has 1 saturated carbocycles. The number of aromatic nitrogens is 3. The number of ether oxygens (including phenoxy) is 2. The van der Waals surface area contributed by atoms with Crippen LogP contribution in [0.3, 0.4) is 0 Å². The normalized spacial score (nSPS) is 20.7. The Balaban J connectivity index is 1.29. The molecule has 2 aliphatic heterocycles. The molecule has 328 valence electrons. The van der Waals surface area contributed by atoms with Crippen LogP contribution < -0.4 is 10.7 Å². The fourth-order valence-corrected chi connectivity index (χ4v) is 9.90. The predicted molar refractivity (Wildman–Crippen MR) is 237 cm³/mol. The van der Waals surface area contributed by atoms with Gasteiger partial charge in [-0.1, -0.05) is 33.8 Å². The van der Waals surface area contributed by atoms with Crippen molar-refractivity contribution in [3.8, 4) is 22.5 Å². The fraction of sp³-hybridized carbons (Fsp3) is 0.565. The second kappa shape index (κ2) is 18.2. The van der Waals surface area contributed by atoms with Gasteiger partial charge >= 0.3 is 12.0 Å². The smallest absolute Gasteiger partial charge is 0.324 e. The molecule has 14 nitrogen and oxygen atoms in total. The summed E-state index contributed by atoms with van der Waals surface area (Å²) < 4.78 is 14.2. The van der Waals surface area contributed by atoms with Gasteiger partial charge in [-0.3, -0.25) is 24.4 Å². The maximum absolute atomic E-state index is 14.5. The van der Waals surface area contributed by atoms with Crippen LogP contribution >= 0.6 is 11.3 Å². The third kappa shape index (κ3) is 9.05. The summed E-state index contributed by atoms with van der Waals surface area (Å²) in [5.41, 5.74) is 9.41. The quantitative estimate of drug-likeness (QED) is 0.174. The number of hydrogen-bond donors (Lipinski definition) is 2. The van der Waals surface area contributed by atoms with Crippen LogP contribution in [0.25, 0.3) is 33.4 Å². The number of pyridine rings is 1. The molecule has 3 aromatic heterocycles. The Hall–Kier alpha value is -4.86. The van der Waals surface area contributed by atoms with Gasteiger partial charge in [-0.2, -0.15) is 0 Å². The number of carbonyl (C=O) groups excluding carboxylic acids is 4. The van der Waals surface area contributed by atoms with Crippen molar-refractivity contribution in [2.45, 2.75) is 123 Å². The zero-order valence-corrected chi connectivity index (χ0v) is 37.9. The first kappa shape index (κ1) is 44.2. The van der Waals surface area contributed by atoms with Gasteiger partial charge in [0.05, 0.1) is 34.8 Å². The lowest BCUT2D eigenvalue weighted by atomic mass is 9.84. The van der Waals surface area contributed by atoms with E-state index in [1.54, 1.807) is 32.3 Å². The van der Waals surface area contributed by atoms with E-state index in [0.717, 1.165) is 63.9 Å². The number of hydrogen-bond acceptors (Lipinski definition) is 10. The number of nitrogens with one attached hydrogen (secondary N) is 2. The summed E-state index contributed by atoms with van der Waals surface area (Å²) in [7, 11) is 5.13. The van der Waals surface area contributed by atoms with Crippen LogP contribution in [0, 0.1) is 11.3 Å². The van der Waals surface area contributed by atoms with Gasteiger partial charge in [0.2, 0.25) is 5.91 Å². The molecule has 0 spiro atoms. The van der Waals surface area contributed by atoms with E-state index in [1.807, 2.05) is 32.2 Å². The van der Waals surface area contributed by atoms with Gasteiger partial charge in [-0.25, -0.2) is 15.2 Å². The van der Waals surface area contributed by atoms with Gasteiger partial charge in [0, 0.05) is 85.8 Å². The summed E-state index contributed by atoms with van der Waals surface area (Å²) in [6.07, 6.45) is 6.29. The van der Waals surface area contributed by atoms with Gasteiger partial charge in [-0.05, 0) is 88.1 Å². The number of aryl methyl sites for hydroxylation is 1. The van der Waals surface area contributed by atoms with Gasteiger partial charge in [0.25, 0.3) is 5.91 Å². The molecule has 61 heavy (non-hydrogen) atoms. The first-order valence-electron chi connectivity index (χ1n) is 21.7. The summed E-state index contributed by atoms with van der Waals surface area (Å²) in [6, 6.07) is 7.78. The van der Waals surface area contributed by atoms with Crippen LogP contribution in [-0.2, 0) is 43.2 Å². The van der Waals surface area contributed by atoms with E-state index in [0.29, 0.717) is 37.4 Å². The van der Waals surface area contributed by atoms with Crippen LogP contribution in [0.5, 0.6) is 0 Å². The van der Waals surface area contributed by atoms with Crippen LogP contribution in [0.1, 0.15) is 96.0 Å². The van der Waals surface area contributed by atoms with Crippen molar-refractivity contribution in [2.24, 2.45) is 11.3 Å². The largest absolute Gasteiger partial charge is 0.464 e. The van der Waals surface area contributed by atoms with E-state index in [2.05, 4.69) is 60.3 Å². The van der Waals surface area contributed by atoms with Gasteiger partial charge < -0.3 is 29.2 Å². The Labute approximate surface area is 363 Å². The number of esters is 1. The highest BCUT2D eigenvalue weighted by Gasteiger charge is 2.39. The number of nitrogens with zero attached hydrogens (tertiary/aromatic N) is 6. The average Bonchev–Trinajstić information content (AvgIpc) is 3.82. The maximum Gasteiger partial charge on any atom is 0.324 e. The highest BCUT2D eigenvalue weighted by Crippen LogP contribution is 2.42. The molecule has 1 unspecified atom stereocenters. The third-order valence-electron chi connectivity index (χ3n) is 12.7. The van der Waals surface area contributed by atoms with E-state index < -0.39 is 35.4 Å². The number of cyclic esters (lactones) is 1. The molecule has 1 saturated heterocycles. The fourth-order valence-electron chi connectivity index (χ4n) is 9.04. The highest BCUT2D eigenvalue weighted by molar-refractivity contribution is 7.10. The lowest BCUT2D eigenvalue weighted by Gasteiger charge is -2.40. The summed E-state index contributed by atoms with van der Waals surface area (Å²) in [4.78, 5) is 69.4. The average molecular weight is 855 g/mol. The van der Waals surface area contributed by atoms with Crippen molar-refractivity contribution in [1.82, 2.24) is 40.1 Å². The van der Waals surface area contributed by atoms with Crippen LogP contribution in [0.4, 0.5) is 4.79 Å². The van der Waals surface area contributed by atoms with E-state index >= 15 is 0 Å².